The molecule has 0 atom stereocenters. The fraction of sp³-hybridized carbons (Fsp3) is 0.0556. The number of aliphatic carboxylic acids is 1. The van der Waals surface area contributed by atoms with Crippen LogP contribution in [0.5, 0.6) is 5.75 Å². The number of benzene rings is 2. The van der Waals surface area contributed by atoms with E-state index < -0.39 is 24.3 Å². The van der Waals surface area contributed by atoms with Crippen molar-refractivity contribution in [1.29, 1.82) is 5.26 Å². The summed E-state index contributed by atoms with van der Waals surface area (Å²) in [6, 6.07) is 13.2. The highest BCUT2D eigenvalue weighted by atomic mass is 19.1. The molecule has 0 bridgehead atoms. The molecule has 1 amide bonds. The number of ether oxygens (including phenoxy) is 1. The monoisotopic (exact) mass is 340 g/mol. The third-order valence-electron chi connectivity index (χ3n) is 3.00. The molecule has 0 aromatic heterocycles. The molecule has 0 unspecified atom stereocenters. The summed E-state index contributed by atoms with van der Waals surface area (Å²) >= 11 is 0. The second kappa shape index (κ2) is 8.26. The molecule has 0 heterocycles. The highest BCUT2D eigenvalue weighted by Gasteiger charge is 2.10. The summed E-state index contributed by atoms with van der Waals surface area (Å²) in [6.07, 6.45) is 1.34. The molecule has 0 radical (unpaired) electrons. The van der Waals surface area contributed by atoms with Crippen molar-refractivity contribution < 1.29 is 23.8 Å². The first kappa shape index (κ1) is 17.7. The van der Waals surface area contributed by atoms with Gasteiger partial charge in [0.05, 0.1) is 0 Å². The van der Waals surface area contributed by atoms with Crippen molar-refractivity contribution in [1.82, 2.24) is 0 Å². The summed E-state index contributed by atoms with van der Waals surface area (Å²) in [5.41, 5.74) is 0.680. The number of rotatable bonds is 6. The van der Waals surface area contributed by atoms with Gasteiger partial charge >= 0.3 is 5.97 Å². The van der Waals surface area contributed by atoms with Crippen molar-refractivity contribution in [2.75, 3.05) is 11.9 Å². The van der Waals surface area contributed by atoms with Gasteiger partial charge in [-0.2, -0.15) is 5.26 Å². The minimum atomic E-state index is -1.11. The van der Waals surface area contributed by atoms with Crippen LogP contribution in [0.4, 0.5) is 10.1 Å². The van der Waals surface area contributed by atoms with E-state index >= 15 is 0 Å². The smallest absolute Gasteiger partial charge is 0.341 e. The van der Waals surface area contributed by atoms with Crippen LogP contribution in [0.3, 0.4) is 0 Å². The molecule has 25 heavy (non-hydrogen) atoms. The van der Waals surface area contributed by atoms with Crippen LogP contribution < -0.4 is 10.1 Å². The van der Waals surface area contributed by atoms with Crippen LogP contribution in [-0.4, -0.2) is 23.6 Å². The molecule has 2 aromatic carbocycles. The van der Waals surface area contributed by atoms with E-state index in [1.165, 1.54) is 36.4 Å². The van der Waals surface area contributed by atoms with Crippen LogP contribution in [0, 0.1) is 17.1 Å². The van der Waals surface area contributed by atoms with Crippen LogP contribution in [0.15, 0.2) is 54.1 Å². The van der Waals surface area contributed by atoms with E-state index in [0.29, 0.717) is 17.0 Å². The van der Waals surface area contributed by atoms with Gasteiger partial charge in [-0.05, 0) is 48.0 Å². The molecular weight excluding hydrogens is 327 g/mol. The molecule has 0 aliphatic carbocycles. The lowest BCUT2D eigenvalue weighted by molar-refractivity contribution is -0.139. The molecule has 0 saturated heterocycles. The molecular formula is C18H13FN2O4. The highest BCUT2D eigenvalue weighted by molar-refractivity contribution is 6.09. The Morgan fingerprint density at radius 2 is 1.96 bits per heavy atom. The average Bonchev–Trinajstić information content (AvgIpc) is 2.60. The number of hydrogen-bond acceptors (Lipinski definition) is 4. The summed E-state index contributed by atoms with van der Waals surface area (Å²) < 4.78 is 17.9. The molecule has 0 fully saturated rings. The van der Waals surface area contributed by atoms with Crippen molar-refractivity contribution in [3.8, 4) is 11.8 Å². The van der Waals surface area contributed by atoms with Gasteiger partial charge in [-0.1, -0.05) is 12.1 Å². The summed E-state index contributed by atoms with van der Waals surface area (Å²) in [6.45, 7) is -0.497. The third-order valence-corrected chi connectivity index (χ3v) is 3.00. The lowest BCUT2D eigenvalue weighted by Gasteiger charge is -2.05. The summed E-state index contributed by atoms with van der Waals surface area (Å²) in [5, 5.41) is 20.3. The second-order valence-electron chi connectivity index (χ2n) is 4.89. The number of carboxylic acids is 1. The molecule has 2 aromatic rings. The van der Waals surface area contributed by atoms with Gasteiger partial charge < -0.3 is 15.2 Å². The summed E-state index contributed by atoms with van der Waals surface area (Å²) in [5.74, 6) is -1.90. The Morgan fingerprint density at radius 3 is 2.60 bits per heavy atom. The molecule has 0 spiro atoms. The normalized spacial score (nSPS) is 10.6. The molecule has 2 N–H and O–H groups in total. The van der Waals surface area contributed by atoms with Gasteiger partial charge in [0.15, 0.2) is 6.61 Å². The topological polar surface area (TPSA) is 99.4 Å². The van der Waals surface area contributed by atoms with Gasteiger partial charge in [0.1, 0.15) is 23.2 Å². The number of carbonyl (C=O) groups excluding carboxylic acids is 1. The number of halogens is 1. The largest absolute Gasteiger partial charge is 0.482 e. The number of anilines is 1. The Morgan fingerprint density at radius 1 is 1.24 bits per heavy atom. The van der Waals surface area contributed by atoms with Gasteiger partial charge in [-0.15, -0.1) is 0 Å². The van der Waals surface area contributed by atoms with Crippen molar-refractivity contribution in [2.24, 2.45) is 0 Å². The van der Waals surface area contributed by atoms with E-state index in [9.17, 15) is 19.2 Å². The molecule has 2 rings (SSSR count). The fourth-order valence-corrected chi connectivity index (χ4v) is 1.89. The molecule has 0 aliphatic heterocycles. The van der Waals surface area contributed by atoms with Gasteiger partial charge in [0, 0.05) is 5.69 Å². The standard InChI is InChI=1S/C18H13FN2O4/c19-14-4-6-15(7-5-14)21-18(24)13(10-20)8-12-2-1-3-16(9-12)25-11-17(22)23/h1-9H,11H2,(H,21,24)(H,22,23)/b13-8-. The Kier molecular flexibility index (Phi) is 5.85. The maximum absolute atomic E-state index is 12.9. The molecule has 6 nitrogen and oxygen atoms in total. The van der Waals surface area contributed by atoms with E-state index in [4.69, 9.17) is 9.84 Å². The Hall–Kier alpha value is -3.66. The van der Waals surface area contributed by atoms with Crippen LogP contribution in [-0.2, 0) is 9.59 Å². The molecule has 0 aliphatic rings. The molecule has 126 valence electrons. The van der Waals surface area contributed by atoms with Gasteiger partial charge in [-0.25, -0.2) is 9.18 Å². The van der Waals surface area contributed by atoms with Crippen LogP contribution in [0.25, 0.3) is 6.08 Å². The van der Waals surface area contributed by atoms with E-state index in [1.54, 1.807) is 24.3 Å². The fourth-order valence-electron chi connectivity index (χ4n) is 1.89. The maximum atomic E-state index is 12.9. The minimum absolute atomic E-state index is 0.167. The van der Waals surface area contributed by atoms with Gasteiger partial charge in [0.25, 0.3) is 5.91 Å². The molecule has 0 saturated carbocycles. The number of hydrogen-bond donors (Lipinski definition) is 2. The highest BCUT2D eigenvalue weighted by Crippen LogP contribution is 2.17. The van der Waals surface area contributed by atoms with Crippen molar-refractivity contribution in [3.63, 3.8) is 0 Å². The predicted molar refractivity (Wildman–Crippen MR) is 88.2 cm³/mol. The first-order chi connectivity index (χ1) is 12.0. The maximum Gasteiger partial charge on any atom is 0.341 e. The lowest BCUT2D eigenvalue weighted by Crippen LogP contribution is -2.13. The molecule has 7 heteroatoms. The van der Waals surface area contributed by atoms with Gasteiger partial charge in [0.2, 0.25) is 0 Å². The van der Waals surface area contributed by atoms with Crippen molar-refractivity contribution in [2.45, 2.75) is 0 Å². The Bertz CT molecular complexity index is 854. The Labute approximate surface area is 142 Å². The number of amides is 1. The number of nitrogens with one attached hydrogen (secondary N) is 1. The van der Waals surface area contributed by atoms with Crippen molar-refractivity contribution >= 4 is 23.6 Å². The van der Waals surface area contributed by atoms with Gasteiger partial charge in [-0.3, -0.25) is 4.79 Å². The average molecular weight is 340 g/mol. The number of nitrogens with zero attached hydrogens (tertiary/aromatic N) is 1. The summed E-state index contributed by atoms with van der Waals surface area (Å²) in [7, 11) is 0. The number of carbonyl (C=O) groups is 2. The van der Waals surface area contributed by atoms with Crippen molar-refractivity contribution in [3.05, 3.63) is 65.5 Å². The summed E-state index contributed by atoms with van der Waals surface area (Å²) in [4.78, 5) is 22.6. The van der Waals surface area contributed by atoms with Crippen LogP contribution in [0.2, 0.25) is 0 Å². The third kappa shape index (κ3) is 5.48. The zero-order valence-electron chi connectivity index (χ0n) is 12.9. The zero-order chi connectivity index (χ0) is 18.2. The zero-order valence-corrected chi connectivity index (χ0v) is 12.9. The number of nitriles is 1. The SMILES string of the molecule is N#C/C(=C/c1cccc(OCC(=O)O)c1)C(=O)Nc1ccc(F)cc1. The predicted octanol–water partition coefficient (Wildman–Crippen LogP) is 2.83. The quantitative estimate of drug-likeness (QED) is 0.622. The number of carboxylic acid groups (broad SMARTS) is 1. The van der Waals surface area contributed by atoms with E-state index in [1.807, 2.05) is 0 Å². The van der Waals surface area contributed by atoms with Crippen LogP contribution in [0.1, 0.15) is 5.56 Å². The first-order valence-electron chi connectivity index (χ1n) is 7.11. The minimum Gasteiger partial charge on any atom is -0.482 e. The van der Waals surface area contributed by atoms with E-state index in [-0.39, 0.29) is 5.57 Å². The lowest BCUT2D eigenvalue weighted by atomic mass is 10.1. The Balaban J connectivity index is 2.14. The van der Waals surface area contributed by atoms with E-state index in [0.717, 1.165) is 0 Å². The second-order valence-corrected chi connectivity index (χ2v) is 4.89. The van der Waals surface area contributed by atoms with Crippen LogP contribution >= 0.6 is 0 Å². The van der Waals surface area contributed by atoms with E-state index in [2.05, 4.69) is 5.32 Å². The first-order valence-corrected chi connectivity index (χ1v) is 7.11.